The molecular weight excluding hydrogens is 246 g/mol. The van der Waals surface area contributed by atoms with Crippen LogP contribution in [-0.4, -0.2) is 28.8 Å². The Kier molecular flexibility index (Phi) is 4.48. The highest BCUT2D eigenvalue weighted by molar-refractivity contribution is 5.78. The first-order valence-electron chi connectivity index (χ1n) is 6.83. The van der Waals surface area contributed by atoms with E-state index in [1.807, 2.05) is 13.8 Å². The van der Waals surface area contributed by atoms with Crippen molar-refractivity contribution in [2.24, 2.45) is 11.3 Å². The van der Waals surface area contributed by atoms with Gasteiger partial charge in [0.05, 0.1) is 5.41 Å². The van der Waals surface area contributed by atoms with Crippen LogP contribution < -0.4 is 5.32 Å². The van der Waals surface area contributed by atoms with Gasteiger partial charge >= 0.3 is 12.1 Å². The van der Waals surface area contributed by atoms with Crippen molar-refractivity contribution in [3.8, 4) is 0 Å². The fourth-order valence-electron chi connectivity index (χ4n) is 2.90. The average molecular weight is 271 g/mol. The topological polar surface area (TPSA) is 75.6 Å². The van der Waals surface area contributed by atoms with E-state index in [-0.39, 0.29) is 12.0 Å². The summed E-state index contributed by atoms with van der Waals surface area (Å²) in [5, 5.41) is 12.3. The number of alkyl carbamates (subject to hydrolysis) is 1. The molecule has 110 valence electrons. The number of amides is 1. The van der Waals surface area contributed by atoms with Gasteiger partial charge in [0.15, 0.2) is 0 Å². The highest BCUT2D eigenvalue weighted by Crippen LogP contribution is 2.44. The lowest BCUT2D eigenvalue weighted by Gasteiger charge is -2.31. The minimum atomic E-state index is -0.865. The molecule has 1 amide bonds. The Labute approximate surface area is 114 Å². The Hall–Kier alpha value is -1.26. The minimum absolute atomic E-state index is 0.288. The van der Waals surface area contributed by atoms with Crippen LogP contribution in [0.3, 0.4) is 0 Å². The van der Waals surface area contributed by atoms with E-state index in [0.29, 0.717) is 19.3 Å². The third kappa shape index (κ3) is 3.61. The molecule has 0 aromatic carbocycles. The van der Waals surface area contributed by atoms with Gasteiger partial charge in [-0.3, -0.25) is 4.79 Å². The highest BCUT2D eigenvalue weighted by atomic mass is 16.6. The smallest absolute Gasteiger partial charge is 0.407 e. The zero-order valence-corrected chi connectivity index (χ0v) is 12.4. The molecule has 3 unspecified atom stereocenters. The van der Waals surface area contributed by atoms with Crippen LogP contribution in [0.15, 0.2) is 0 Å². The zero-order chi connectivity index (χ0) is 14.8. The van der Waals surface area contributed by atoms with Crippen LogP contribution in [-0.2, 0) is 9.53 Å². The number of carboxylic acids is 1. The van der Waals surface area contributed by atoms with Crippen LogP contribution in [0.1, 0.15) is 53.9 Å². The van der Waals surface area contributed by atoms with Crippen molar-refractivity contribution in [1.29, 1.82) is 0 Å². The lowest BCUT2D eigenvalue weighted by molar-refractivity contribution is -0.150. The Balaban J connectivity index is 2.80. The van der Waals surface area contributed by atoms with Gasteiger partial charge in [-0.15, -0.1) is 0 Å². The number of rotatable bonds is 3. The van der Waals surface area contributed by atoms with Crippen molar-refractivity contribution in [2.75, 3.05) is 0 Å². The van der Waals surface area contributed by atoms with Crippen LogP contribution in [0.4, 0.5) is 4.79 Å². The molecule has 5 heteroatoms. The molecule has 1 aliphatic rings. The molecule has 0 saturated heterocycles. The van der Waals surface area contributed by atoms with Gasteiger partial charge in [-0.25, -0.2) is 4.79 Å². The summed E-state index contributed by atoms with van der Waals surface area (Å²) in [5.74, 6) is -0.545. The molecule has 0 aromatic heterocycles. The fraction of sp³-hybridized carbons (Fsp3) is 0.857. The molecule has 1 fully saturated rings. The van der Waals surface area contributed by atoms with Crippen LogP contribution in [0, 0.1) is 11.3 Å². The molecule has 5 nitrogen and oxygen atoms in total. The van der Waals surface area contributed by atoms with Crippen LogP contribution in [0.5, 0.6) is 0 Å². The molecule has 0 spiro atoms. The number of hydrogen-bond donors (Lipinski definition) is 2. The van der Waals surface area contributed by atoms with E-state index in [4.69, 9.17) is 4.74 Å². The third-order valence-corrected chi connectivity index (χ3v) is 3.77. The molecule has 0 aliphatic heterocycles. The van der Waals surface area contributed by atoms with Crippen molar-refractivity contribution in [1.82, 2.24) is 5.32 Å². The molecule has 2 N–H and O–H groups in total. The molecule has 0 bridgehead atoms. The van der Waals surface area contributed by atoms with Gasteiger partial charge in [-0.2, -0.15) is 0 Å². The van der Waals surface area contributed by atoms with Crippen LogP contribution >= 0.6 is 0 Å². The summed E-state index contributed by atoms with van der Waals surface area (Å²) >= 11 is 0. The fourth-order valence-corrected chi connectivity index (χ4v) is 2.90. The van der Waals surface area contributed by atoms with E-state index in [1.54, 1.807) is 20.8 Å². The predicted molar refractivity (Wildman–Crippen MR) is 71.9 cm³/mol. The zero-order valence-electron chi connectivity index (χ0n) is 12.4. The third-order valence-electron chi connectivity index (χ3n) is 3.77. The quantitative estimate of drug-likeness (QED) is 0.827. The van der Waals surface area contributed by atoms with Gasteiger partial charge in [-0.1, -0.05) is 13.8 Å². The summed E-state index contributed by atoms with van der Waals surface area (Å²) in [5.41, 5.74) is -1.44. The average Bonchev–Trinajstić information content (AvgIpc) is 2.52. The lowest BCUT2D eigenvalue weighted by Crippen LogP contribution is -2.49. The van der Waals surface area contributed by atoms with Gasteiger partial charge in [0, 0.05) is 6.04 Å². The molecule has 3 atom stereocenters. The van der Waals surface area contributed by atoms with E-state index in [1.165, 1.54) is 0 Å². The second kappa shape index (κ2) is 5.39. The van der Waals surface area contributed by atoms with Crippen molar-refractivity contribution in [3.05, 3.63) is 0 Å². The Morgan fingerprint density at radius 1 is 1.42 bits per heavy atom. The second-order valence-electron chi connectivity index (χ2n) is 6.56. The molecule has 0 aromatic rings. The minimum Gasteiger partial charge on any atom is -0.481 e. The first kappa shape index (κ1) is 15.8. The highest BCUT2D eigenvalue weighted by Gasteiger charge is 2.51. The number of ether oxygens (including phenoxy) is 1. The summed E-state index contributed by atoms with van der Waals surface area (Å²) < 4.78 is 5.21. The van der Waals surface area contributed by atoms with E-state index < -0.39 is 23.1 Å². The number of aliphatic carboxylic acids is 1. The monoisotopic (exact) mass is 271 g/mol. The Morgan fingerprint density at radius 2 is 2.00 bits per heavy atom. The molecule has 1 saturated carbocycles. The maximum absolute atomic E-state index is 11.8. The SMILES string of the molecule is CCC1(C(=O)O)CC(C)CC1NC(=O)OC(C)(C)C. The van der Waals surface area contributed by atoms with Gasteiger partial charge in [0.1, 0.15) is 5.60 Å². The molecule has 1 aliphatic carbocycles. The first-order valence-corrected chi connectivity index (χ1v) is 6.83. The van der Waals surface area contributed by atoms with Crippen molar-refractivity contribution in [2.45, 2.75) is 65.5 Å². The van der Waals surface area contributed by atoms with Gasteiger partial charge in [0.25, 0.3) is 0 Å². The van der Waals surface area contributed by atoms with Crippen LogP contribution in [0.25, 0.3) is 0 Å². The maximum Gasteiger partial charge on any atom is 0.407 e. The largest absolute Gasteiger partial charge is 0.481 e. The van der Waals surface area contributed by atoms with Gasteiger partial charge < -0.3 is 15.2 Å². The number of carboxylic acid groups (broad SMARTS) is 1. The van der Waals surface area contributed by atoms with Gasteiger partial charge in [-0.05, 0) is 46.0 Å². The van der Waals surface area contributed by atoms with Gasteiger partial charge in [0.2, 0.25) is 0 Å². The molecule has 19 heavy (non-hydrogen) atoms. The van der Waals surface area contributed by atoms with E-state index >= 15 is 0 Å². The van der Waals surface area contributed by atoms with E-state index in [0.717, 1.165) is 0 Å². The number of hydrogen-bond acceptors (Lipinski definition) is 3. The number of carbonyl (C=O) groups excluding carboxylic acids is 1. The van der Waals surface area contributed by atoms with Crippen molar-refractivity contribution >= 4 is 12.1 Å². The summed E-state index contributed by atoms with van der Waals surface area (Å²) in [6.45, 7) is 9.23. The first-order chi connectivity index (χ1) is 8.60. The van der Waals surface area contributed by atoms with E-state index in [9.17, 15) is 14.7 Å². The molecule has 0 radical (unpaired) electrons. The standard InChI is InChI=1S/C14H25NO4/c1-6-14(11(16)17)8-9(2)7-10(14)15-12(18)19-13(3,4)5/h9-10H,6-8H2,1-5H3,(H,15,18)(H,16,17). The molecule has 0 heterocycles. The van der Waals surface area contributed by atoms with Crippen LogP contribution in [0.2, 0.25) is 0 Å². The lowest BCUT2D eigenvalue weighted by atomic mass is 9.79. The summed E-state index contributed by atoms with van der Waals surface area (Å²) in [6, 6.07) is -0.361. The molecule has 1 rings (SSSR count). The van der Waals surface area contributed by atoms with E-state index in [2.05, 4.69) is 5.32 Å². The Bertz CT molecular complexity index is 361. The normalized spacial score (nSPS) is 31.0. The maximum atomic E-state index is 11.8. The number of carbonyl (C=O) groups is 2. The Morgan fingerprint density at radius 3 is 2.42 bits per heavy atom. The second-order valence-corrected chi connectivity index (χ2v) is 6.56. The van der Waals surface area contributed by atoms with Crippen molar-refractivity contribution < 1.29 is 19.4 Å². The molecular formula is C14H25NO4. The predicted octanol–water partition coefficient (Wildman–Crippen LogP) is 2.79. The number of nitrogens with one attached hydrogen (secondary N) is 1. The summed E-state index contributed by atoms with van der Waals surface area (Å²) in [4.78, 5) is 23.4. The van der Waals surface area contributed by atoms with Crippen molar-refractivity contribution in [3.63, 3.8) is 0 Å². The summed E-state index contributed by atoms with van der Waals surface area (Å²) in [7, 11) is 0. The summed E-state index contributed by atoms with van der Waals surface area (Å²) in [6.07, 6.45) is 1.25.